The number of allylic oxidation sites excluding steroid dienone is 1. The number of nitrogens with two attached hydrogens (primary N) is 1. The molecule has 1 heterocycles. The van der Waals surface area contributed by atoms with Gasteiger partial charge in [-0.25, -0.2) is 0 Å². The fourth-order valence-electron chi connectivity index (χ4n) is 4.91. The highest BCUT2D eigenvalue weighted by molar-refractivity contribution is 5.85. The maximum Gasteiger partial charge on any atom is 0.240 e. The molecule has 1 amide bonds. The van der Waals surface area contributed by atoms with E-state index in [2.05, 4.69) is 88.6 Å². The quantitative estimate of drug-likeness (QED) is 0.233. The molecule has 0 radical (unpaired) electrons. The number of nitrogens with zero attached hydrogens (tertiary/aromatic N) is 3. The Morgan fingerprint density at radius 2 is 1.50 bits per heavy atom. The molecule has 0 saturated heterocycles. The summed E-state index contributed by atoms with van der Waals surface area (Å²) in [4.78, 5) is 13.2. The van der Waals surface area contributed by atoms with Crippen molar-refractivity contribution in [2.75, 3.05) is 0 Å². The molecular formula is C34H41N5O. The van der Waals surface area contributed by atoms with Gasteiger partial charge in [-0.1, -0.05) is 91.0 Å². The van der Waals surface area contributed by atoms with E-state index in [9.17, 15) is 4.79 Å². The van der Waals surface area contributed by atoms with Crippen LogP contribution in [-0.4, -0.2) is 26.2 Å². The molecule has 0 aliphatic carbocycles. The molecule has 208 valence electrons. The van der Waals surface area contributed by atoms with Gasteiger partial charge < -0.3 is 15.6 Å². The molecule has 1 atom stereocenters. The molecule has 0 aliphatic rings. The van der Waals surface area contributed by atoms with Gasteiger partial charge in [-0.2, -0.15) is 0 Å². The minimum Gasteiger partial charge on any atom is -0.344 e. The molecule has 0 fully saturated rings. The number of carbonyl (C=O) groups is 1. The van der Waals surface area contributed by atoms with Gasteiger partial charge in [0, 0.05) is 19.4 Å². The van der Waals surface area contributed by atoms with Crippen LogP contribution in [0.5, 0.6) is 0 Å². The first kappa shape index (κ1) is 29.0. The number of nitrogens with one attached hydrogen (secondary N) is 1. The molecule has 0 unspecified atom stereocenters. The van der Waals surface area contributed by atoms with Crippen molar-refractivity contribution in [3.05, 3.63) is 125 Å². The van der Waals surface area contributed by atoms with E-state index in [1.54, 1.807) is 13.8 Å². The highest BCUT2D eigenvalue weighted by Crippen LogP contribution is 2.30. The summed E-state index contributed by atoms with van der Waals surface area (Å²) in [6.07, 6.45) is 5.15. The SMILES string of the molecule is C/C=C(/C[C@@H](NC(=O)C(C)(C)N)c1nnc(CCc2ccccc2)n1CCc1ccccc1)c1ccccc1C. The zero-order valence-corrected chi connectivity index (χ0v) is 24.1. The number of rotatable bonds is 12. The van der Waals surface area contributed by atoms with Crippen LogP contribution >= 0.6 is 0 Å². The Morgan fingerprint density at radius 1 is 0.900 bits per heavy atom. The van der Waals surface area contributed by atoms with Crippen molar-refractivity contribution < 1.29 is 4.79 Å². The number of hydrogen-bond donors (Lipinski definition) is 2. The Kier molecular flexibility index (Phi) is 9.67. The molecule has 0 saturated carbocycles. The lowest BCUT2D eigenvalue weighted by atomic mass is 9.93. The van der Waals surface area contributed by atoms with E-state index in [-0.39, 0.29) is 5.91 Å². The first-order valence-corrected chi connectivity index (χ1v) is 14.1. The van der Waals surface area contributed by atoms with Gasteiger partial charge in [-0.3, -0.25) is 4.79 Å². The second-order valence-electron chi connectivity index (χ2n) is 10.9. The van der Waals surface area contributed by atoms with Crippen molar-refractivity contribution in [1.82, 2.24) is 20.1 Å². The van der Waals surface area contributed by atoms with Gasteiger partial charge in [0.15, 0.2) is 5.82 Å². The van der Waals surface area contributed by atoms with Crippen molar-refractivity contribution in [2.24, 2.45) is 5.73 Å². The van der Waals surface area contributed by atoms with Gasteiger partial charge in [-0.05, 0) is 68.4 Å². The average molecular weight is 536 g/mol. The van der Waals surface area contributed by atoms with E-state index >= 15 is 0 Å². The average Bonchev–Trinajstić information content (AvgIpc) is 3.36. The fraction of sp³-hybridized carbons (Fsp3) is 0.324. The lowest BCUT2D eigenvalue weighted by Crippen LogP contribution is -2.50. The molecule has 3 N–H and O–H groups in total. The van der Waals surface area contributed by atoms with Crippen LogP contribution in [0.25, 0.3) is 5.57 Å². The molecule has 3 aromatic carbocycles. The predicted molar refractivity (Wildman–Crippen MR) is 163 cm³/mol. The number of amides is 1. The van der Waals surface area contributed by atoms with Gasteiger partial charge in [0.05, 0.1) is 11.6 Å². The lowest BCUT2D eigenvalue weighted by molar-refractivity contribution is -0.126. The second-order valence-corrected chi connectivity index (χ2v) is 10.9. The Balaban J connectivity index is 1.71. The molecule has 0 aliphatic heterocycles. The van der Waals surface area contributed by atoms with E-state index in [0.29, 0.717) is 13.0 Å². The van der Waals surface area contributed by atoms with Crippen molar-refractivity contribution in [3.63, 3.8) is 0 Å². The van der Waals surface area contributed by atoms with Gasteiger partial charge >= 0.3 is 0 Å². The highest BCUT2D eigenvalue weighted by Gasteiger charge is 2.29. The fourth-order valence-corrected chi connectivity index (χ4v) is 4.91. The normalized spacial score (nSPS) is 12.8. The number of aromatic nitrogens is 3. The van der Waals surface area contributed by atoms with Crippen LogP contribution in [0.3, 0.4) is 0 Å². The summed E-state index contributed by atoms with van der Waals surface area (Å²) in [6, 6.07) is 28.8. The molecular weight excluding hydrogens is 494 g/mol. The lowest BCUT2D eigenvalue weighted by Gasteiger charge is -2.26. The minimum absolute atomic E-state index is 0.221. The van der Waals surface area contributed by atoms with Crippen LogP contribution in [-0.2, 0) is 30.6 Å². The van der Waals surface area contributed by atoms with Crippen molar-refractivity contribution >= 4 is 11.5 Å². The Hall–Kier alpha value is -4.03. The monoisotopic (exact) mass is 535 g/mol. The van der Waals surface area contributed by atoms with Gasteiger partial charge in [0.25, 0.3) is 0 Å². The van der Waals surface area contributed by atoms with Crippen LogP contribution in [0.2, 0.25) is 0 Å². The molecule has 6 nitrogen and oxygen atoms in total. The van der Waals surface area contributed by atoms with Crippen LogP contribution in [0, 0.1) is 6.92 Å². The summed E-state index contributed by atoms with van der Waals surface area (Å²) in [5.41, 5.74) is 11.2. The standard InChI is InChI=1S/C34H41N5O/c1-5-28(29-19-13-12-14-25(29)2)24-30(36-33(40)34(3,4)35)32-38-37-31(21-20-26-15-8-6-9-16-26)39(32)23-22-27-17-10-7-11-18-27/h5-19,30H,20-24,35H2,1-4H3,(H,36,40)/b28-5-/t30-/m1/s1. The van der Waals surface area contributed by atoms with E-state index in [4.69, 9.17) is 10.8 Å². The minimum atomic E-state index is -1.03. The van der Waals surface area contributed by atoms with Gasteiger partial charge in [-0.15, -0.1) is 10.2 Å². The Morgan fingerprint density at radius 3 is 2.10 bits per heavy atom. The summed E-state index contributed by atoms with van der Waals surface area (Å²) < 4.78 is 2.20. The van der Waals surface area contributed by atoms with E-state index < -0.39 is 11.6 Å². The number of benzene rings is 3. The van der Waals surface area contributed by atoms with Crippen molar-refractivity contribution in [2.45, 2.75) is 71.5 Å². The summed E-state index contributed by atoms with van der Waals surface area (Å²) in [7, 11) is 0. The largest absolute Gasteiger partial charge is 0.344 e. The predicted octanol–water partition coefficient (Wildman–Crippen LogP) is 6.00. The first-order valence-electron chi connectivity index (χ1n) is 14.1. The molecule has 40 heavy (non-hydrogen) atoms. The molecule has 0 bridgehead atoms. The zero-order chi connectivity index (χ0) is 28.5. The third-order valence-electron chi connectivity index (χ3n) is 7.27. The zero-order valence-electron chi connectivity index (χ0n) is 24.1. The van der Waals surface area contributed by atoms with Gasteiger partial charge in [0.1, 0.15) is 5.82 Å². The Labute approximate surface area is 238 Å². The first-order chi connectivity index (χ1) is 19.3. The number of carbonyl (C=O) groups excluding carboxylic acids is 1. The van der Waals surface area contributed by atoms with E-state index in [0.717, 1.165) is 42.0 Å². The summed E-state index contributed by atoms with van der Waals surface area (Å²) in [5.74, 6) is 1.45. The molecule has 4 rings (SSSR count). The van der Waals surface area contributed by atoms with Crippen LogP contribution in [0.15, 0.2) is 91.0 Å². The maximum absolute atomic E-state index is 13.2. The highest BCUT2D eigenvalue weighted by atomic mass is 16.2. The number of aryl methyl sites for hydroxylation is 4. The van der Waals surface area contributed by atoms with Gasteiger partial charge in [0.2, 0.25) is 5.91 Å². The van der Waals surface area contributed by atoms with Crippen LogP contribution in [0.1, 0.15) is 67.1 Å². The van der Waals surface area contributed by atoms with Crippen molar-refractivity contribution in [1.29, 1.82) is 0 Å². The molecule has 1 aromatic heterocycles. The van der Waals surface area contributed by atoms with E-state index in [1.165, 1.54) is 16.7 Å². The summed E-state index contributed by atoms with van der Waals surface area (Å²) in [6.45, 7) is 8.31. The second kappa shape index (κ2) is 13.4. The third-order valence-corrected chi connectivity index (χ3v) is 7.27. The molecule has 6 heteroatoms. The van der Waals surface area contributed by atoms with Crippen molar-refractivity contribution in [3.8, 4) is 0 Å². The van der Waals surface area contributed by atoms with Crippen LogP contribution in [0.4, 0.5) is 0 Å². The third kappa shape index (κ3) is 7.54. The van der Waals surface area contributed by atoms with E-state index in [1.807, 2.05) is 31.2 Å². The Bertz CT molecular complexity index is 1420. The topological polar surface area (TPSA) is 85.8 Å². The maximum atomic E-state index is 13.2. The van der Waals surface area contributed by atoms with Crippen LogP contribution < -0.4 is 11.1 Å². The summed E-state index contributed by atoms with van der Waals surface area (Å²) in [5, 5.41) is 12.6. The summed E-state index contributed by atoms with van der Waals surface area (Å²) >= 11 is 0. The smallest absolute Gasteiger partial charge is 0.240 e. The number of hydrogen-bond acceptors (Lipinski definition) is 4. The molecule has 4 aromatic rings. The molecule has 0 spiro atoms.